The normalized spacial score (nSPS) is 14.5. The number of hydrogen-bond donors (Lipinski definition) is 2. The lowest BCUT2D eigenvalue weighted by Gasteiger charge is -2.14. The molecule has 8 heteroatoms. The minimum Gasteiger partial charge on any atom is -0.459 e. The van der Waals surface area contributed by atoms with Gasteiger partial charge in [-0.3, -0.25) is 9.59 Å². The molecule has 8 nitrogen and oxygen atoms in total. The summed E-state index contributed by atoms with van der Waals surface area (Å²) in [6, 6.07) is 9.95. The second kappa shape index (κ2) is 8.30. The fourth-order valence-corrected chi connectivity index (χ4v) is 3.39. The van der Waals surface area contributed by atoms with Crippen molar-refractivity contribution in [2.45, 2.75) is 45.2 Å². The Balaban J connectivity index is 1.40. The summed E-state index contributed by atoms with van der Waals surface area (Å²) >= 11 is 0. The van der Waals surface area contributed by atoms with Crippen LogP contribution in [0.4, 0.5) is 5.69 Å². The summed E-state index contributed by atoms with van der Waals surface area (Å²) in [6.45, 7) is 2.55. The molecule has 3 aromatic rings. The first-order chi connectivity index (χ1) is 14.1. The average molecular weight is 393 g/mol. The summed E-state index contributed by atoms with van der Waals surface area (Å²) in [6.07, 6.45) is 5.87. The molecule has 150 valence electrons. The van der Waals surface area contributed by atoms with E-state index in [2.05, 4.69) is 25.4 Å². The lowest BCUT2D eigenvalue weighted by Crippen LogP contribution is -2.41. The van der Waals surface area contributed by atoms with E-state index in [4.69, 9.17) is 4.42 Å². The molecule has 1 aromatic carbocycles. The highest BCUT2D eigenvalue weighted by Crippen LogP contribution is 2.24. The minimum absolute atomic E-state index is 0.168. The Hall–Kier alpha value is -3.42. The number of furan rings is 1. The third-order valence-corrected chi connectivity index (χ3v) is 5.01. The maximum atomic E-state index is 12.4. The number of hydrogen-bond acceptors (Lipinski definition) is 5. The predicted octanol–water partition coefficient (Wildman–Crippen LogP) is 3.02. The van der Waals surface area contributed by atoms with E-state index < -0.39 is 11.9 Å². The van der Waals surface area contributed by atoms with E-state index in [0.29, 0.717) is 5.69 Å². The predicted molar refractivity (Wildman–Crippen MR) is 107 cm³/mol. The number of carbonyl (C=O) groups excluding carboxylic acids is 2. The van der Waals surface area contributed by atoms with Crippen LogP contribution in [0.25, 0.3) is 11.4 Å². The second-order valence-electron chi connectivity index (χ2n) is 7.14. The quantitative estimate of drug-likeness (QED) is 0.694. The molecule has 0 radical (unpaired) electrons. The zero-order chi connectivity index (χ0) is 20.2. The maximum Gasteiger partial charge on any atom is 0.287 e. The molecule has 0 saturated carbocycles. The molecule has 29 heavy (non-hydrogen) atoms. The number of aromatic nitrogens is 3. The molecule has 0 saturated heterocycles. The van der Waals surface area contributed by atoms with Crippen LogP contribution in [0.5, 0.6) is 0 Å². The van der Waals surface area contributed by atoms with E-state index in [1.165, 1.54) is 12.7 Å². The number of rotatable bonds is 5. The third-order valence-electron chi connectivity index (χ3n) is 5.01. The van der Waals surface area contributed by atoms with Gasteiger partial charge >= 0.3 is 0 Å². The van der Waals surface area contributed by atoms with Gasteiger partial charge in [0.25, 0.3) is 5.91 Å². The Morgan fingerprint density at radius 1 is 1.10 bits per heavy atom. The molecule has 2 N–H and O–H groups in total. The van der Waals surface area contributed by atoms with Gasteiger partial charge in [0.15, 0.2) is 11.6 Å². The lowest BCUT2D eigenvalue weighted by atomic mass is 10.2. The number of benzene rings is 1. The van der Waals surface area contributed by atoms with Crippen molar-refractivity contribution >= 4 is 17.5 Å². The van der Waals surface area contributed by atoms with Crippen LogP contribution in [-0.4, -0.2) is 32.6 Å². The van der Waals surface area contributed by atoms with E-state index >= 15 is 0 Å². The van der Waals surface area contributed by atoms with Crippen LogP contribution in [-0.2, 0) is 17.8 Å². The van der Waals surface area contributed by atoms with Crippen molar-refractivity contribution < 1.29 is 14.0 Å². The standard InChI is InChI=1S/C21H23N5O3/c1-14(22-21(28)17-6-5-13-29-17)20(27)23-16-10-8-15(9-11-16)19-25-24-18-7-3-2-4-12-26(18)19/h5-6,8-11,13-14H,2-4,7,12H2,1H3,(H,22,28)(H,23,27)/t14-/m1/s1. The first-order valence-electron chi connectivity index (χ1n) is 9.79. The Morgan fingerprint density at radius 2 is 1.93 bits per heavy atom. The zero-order valence-electron chi connectivity index (χ0n) is 16.2. The molecule has 2 amide bonds. The molecule has 0 spiro atoms. The number of anilines is 1. The number of nitrogens with one attached hydrogen (secondary N) is 2. The molecule has 1 atom stereocenters. The average Bonchev–Trinajstić information content (AvgIpc) is 3.34. The fourth-order valence-electron chi connectivity index (χ4n) is 3.39. The molecule has 2 aromatic heterocycles. The van der Waals surface area contributed by atoms with E-state index in [1.54, 1.807) is 19.1 Å². The van der Waals surface area contributed by atoms with Crippen molar-refractivity contribution in [2.24, 2.45) is 0 Å². The van der Waals surface area contributed by atoms with Crippen molar-refractivity contribution in [3.05, 3.63) is 54.2 Å². The highest BCUT2D eigenvalue weighted by atomic mass is 16.3. The van der Waals surface area contributed by atoms with Crippen LogP contribution in [0.15, 0.2) is 47.1 Å². The van der Waals surface area contributed by atoms with Crippen molar-refractivity contribution in [1.29, 1.82) is 0 Å². The molecule has 3 heterocycles. The smallest absolute Gasteiger partial charge is 0.287 e. The van der Waals surface area contributed by atoms with Gasteiger partial charge in [0, 0.05) is 24.2 Å². The summed E-state index contributed by atoms with van der Waals surface area (Å²) in [5, 5.41) is 14.1. The Morgan fingerprint density at radius 3 is 2.69 bits per heavy atom. The first kappa shape index (κ1) is 18.9. The molecular formula is C21H23N5O3. The van der Waals surface area contributed by atoms with Crippen molar-refractivity contribution in [3.63, 3.8) is 0 Å². The summed E-state index contributed by atoms with van der Waals surface area (Å²) in [5.74, 6) is 1.32. The zero-order valence-corrected chi connectivity index (χ0v) is 16.2. The van der Waals surface area contributed by atoms with Crippen LogP contribution in [0.1, 0.15) is 42.6 Å². The monoisotopic (exact) mass is 393 g/mol. The maximum absolute atomic E-state index is 12.4. The van der Waals surface area contributed by atoms with Crippen LogP contribution in [0, 0.1) is 0 Å². The molecule has 4 rings (SSSR count). The highest BCUT2D eigenvalue weighted by molar-refractivity contribution is 5.99. The number of nitrogens with zero attached hydrogens (tertiary/aromatic N) is 3. The SMILES string of the molecule is C[C@@H](NC(=O)c1ccco1)C(=O)Nc1ccc(-c2nnc3n2CCCCC3)cc1. The van der Waals surface area contributed by atoms with E-state index in [-0.39, 0.29) is 11.7 Å². The number of amides is 2. The molecule has 0 aliphatic carbocycles. The topological polar surface area (TPSA) is 102 Å². The summed E-state index contributed by atoms with van der Waals surface area (Å²) in [4.78, 5) is 24.4. The lowest BCUT2D eigenvalue weighted by molar-refractivity contribution is -0.117. The summed E-state index contributed by atoms with van der Waals surface area (Å²) in [7, 11) is 0. The van der Waals surface area contributed by atoms with Crippen molar-refractivity contribution in [2.75, 3.05) is 5.32 Å². The third kappa shape index (κ3) is 4.21. The van der Waals surface area contributed by atoms with Gasteiger partial charge < -0.3 is 19.6 Å². The number of aryl methyl sites for hydroxylation is 1. The van der Waals surface area contributed by atoms with Crippen molar-refractivity contribution in [3.8, 4) is 11.4 Å². The molecule has 0 bridgehead atoms. The molecule has 0 fully saturated rings. The number of fused-ring (bicyclic) bond motifs is 1. The number of carbonyl (C=O) groups is 2. The van der Waals surface area contributed by atoms with Gasteiger partial charge in [0.2, 0.25) is 5.91 Å². The van der Waals surface area contributed by atoms with E-state index in [0.717, 1.165) is 43.0 Å². The molecule has 1 aliphatic rings. The molecule has 0 unspecified atom stereocenters. The van der Waals surface area contributed by atoms with E-state index in [9.17, 15) is 9.59 Å². The van der Waals surface area contributed by atoms with Gasteiger partial charge in [-0.25, -0.2) is 0 Å². The van der Waals surface area contributed by atoms with Gasteiger partial charge in [-0.2, -0.15) is 0 Å². The Bertz CT molecular complexity index is 992. The Labute approximate surface area is 168 Å². The van der Waals surface area contributed by atoms with Gasteiger partial charge in [0.1, 0.15) is 11.9 Å². The molecule has 1 aliphatic heterocycles. The van der Waals surface area contributed by atoms with Gasteiger partial charge in [0.05, 0.1) is 6.26 Å². The Kier molecular flexibility index (Phi) is 5.41. The van der Waals surface area contributed by atoms with Crippen LogP contribution in [0.2, 0.25) is 0 Å². The minimum atomic E-state index is -0.709. The second-order valence-corrected chi connectivity index (χ2v) is 7.14. The van der Waals surface area contributed by atoms with E-state index in [1.807, 2.05) is 24.3 Å². The van der Waals surface area contributed by atoms with Crippen LogP contribution < -0.4 is 10.6 Å². The van der Waals surface area contributed by atoms with Crippen LogP contribution in [0.3, 0.4) is 0 Å². The fraction of sp³-hybridized carbons (Fsp3) is 0.333. The molecular weight excluding hydrogens is 370 g/mol. The van der Waals surface area contributed by atoms with Crippen LogP contribution >= 0.6 is 0 Å². The summed E-state index contributed by atoms with van der Waals surface area (Å²) < 4.78 is 7.22. The van der Waals surface area contributed by atoms with Gasteiger partial charge in [-0.1, -0.05) is 6.42 Å². The largest absolute Gasteiger partial charge is 0.459 e. The summed E-state index contributed by atoms with van der Waals surface area (Å²) in [5.41, 5.74) is 1.61. The van der Waals surface area contributed by atoms with Gasteiger partial charge in [-0.15, -0.1) is 10.2 Å². The first-order valence-corrected chi connectivity index (χ1v) is 9.79. The van der Waals surface area contributed by atoms with Crippen molar-refractivity contribution in [1.82, 2.24) is 20.1 Å². The van der Waals surface area contributed by atoms with Gasteiger partial charge in [-0.05, 0) is 56.2 Å². The highest BCUT2D eigenvalue weighted by Gasteiger charge is 2.19.